The van der Waals surface area contributed by atoms with E-state index in [9.17, 15) is 4.79 Å². The Morgan fingerprint density at radius 1 is 1.29 bits per heavy atom. The third-order valence-electron chi connectivity index (χ3n) is 4.58. The summed E-state index contributed by atoms with van der Waals surface area (Å²) >= 11 is 0. The monoisotopic (exact) mass is 382 g/mol. The maximum absolute atomic E-state index is 12.0. The molecular weight excluding hydrogens is 356 g/mol. The minimum Gasteiger partial charge on any atom is -0.493 e. The Bertz CT molecular complexity index is 905. The molecule has 0 saturated heterocycles. The lowest BCUT2D eigenvalue weighted by Gasteiger charge is -2.16. The van der Waals surface area contributed by atoms with Crippen molar-refractivity contribution >= 4 is 11.6 Å². The van der Waals surface area contributed by atoms with Crippen LogP contribution in [0.3, 0.4) is 0 Å². The summed E-state index contributed by atoms with van der Waals surface area (Å²) in [6, 6.07) is 9.65. The van der Waals surface area contributed by atoms with Crippen molar-refractivity contribution in [3.8, 4) is 11.5 Å². The largest absolute Gasteiger partial charge is 0.493 e. The summed E-state index contributed by atoms with van der Waals surface area (Å²) in [5.74, 6) is 6.44. The van der Waals surface area contributed by atoms with Gasteiger partial charge in [-0.1, -0.05) is 24.3 Å². The molecular formula is C21H26N4O3. The first-order valence-electron chi connectivity index (χ1n) is 9.19. The summed E-state index contributed by atoms with van der Waals surface area (Å²) in [6.45, 7) is 2.91. The highest BCUT2D eigenvalue weighted by molar-refractivity contribution is 5.97. The summed E-state index contributed by atoms with van der Waals surface area (Å²) in [6.07, 6.45) is 2.96. The average molecular weight is 382 g/mol. The third-order valence-corrected chi connectivity index (χ3v) is 4.58. The summed E-state index contributed by atoms with van der Waals surface area (Å²) in [5, 5.41) is 1.41. The van der Waals surface area contributed by atoms with E-state index in [1.165, 1.54) is 5.01 Å². The highest BCUT2D eigenvalue weighted by Crippen LogP contribution is 2.40. The van der Waals surface area contributed by atoms with Crippen LogP contribution in [0.15, 0.2) is 36.5 Å². The van der Waals surface area contributed by atoms with E-state index < -0.39 is 5.91 Å². The molecule has 0 aromatic heterocycles. The van der Waals surface area contributed by atoms with E-state index in [-0.39, 0.29) is 0 Å². The van der Waals surface area contributed by atoms with Gasteiger partial charge in [0.25, 0.3) is 5.91 Å². The normalized spacial score (nSPS) is 13.0. The smallest absolute Gasteiger partial charge is 0.252 e. The van der Waals surface area contributed by atoms with Gasteiger partial charge in [0, 0.05) is 31.7 Å². The fourth-order valence-corrected chi connectivity index (χ4v) is 3.38. The van der Waals surface area contributed by atoms with Crippen molar-refractivity contribution in [2.45, 2.75) is 19.8 Å². The molecule has 148 valence electrons. The molecule has 1 heterocycles. The zero-order valence-electron chi connectivity index (χ0n) is 16.2. The Morgan fingerprint density at radius 2 is 2.00 bits per heavy atom. The second-order valence-corrected chi connectivity index (χ2v) is 6.74. The van der Waals surface area contributed by atoms with Crippen LogP contribution in [-0.2, 0) is 12.8 Å². The predicted octanol–water partition coefficient (Wildman–Crippen LogP) is 1.77. The Labute approximate surface area is 164 Å². The summed E-state index contributed by atoms with van der Waals surface area (Å²) in [7, 11) is 1.71. The Balaban J connectivity index is 1.94. The van der Waals surface area contributed by atoms with Gasteiger partial charge in [-0.25, -0.2) is 5.84 Å². The lowest BCUT2D eigenvalue weighted by atomic mass is 9.96. The second-order valence-electron chi connectivity index (χ2n) is 6.74. The van der Waals surface area contributed by atoms with Crippen molar-refractivity contribution in [1.29, 1.82) is 0 Å². The first-order chi connectivity index (χ1) is 13.4. The van der Waals surface area contributed by atoms with Crippen LogP contribution in [0.4, 0.5) is 0 Å². The van der Waals surface area contributed by atoms with Crippen LogP contribution >= 0.6 is 0 Å². The van der Waals surface area contributed by atoms with Gasteiger partial charge in [0.2, 0.25) is 0 Å². The molecule has 7 nitrogen and oxygen atoms in total. The molecule has 7 heteroatoms. The van der Waals surface area contributed by atoms with Gasteiger partial charge in [-0.3, -0.25) is 4.79 Å². The molecule has 2 aromatic carbocycles. The Hall–Kier alpha value is -3.19. The highest BCUT2D eigenvalue weighted by atomic mass is 16.5. The quantitative estimate of drug-likeness (QED) is 0.496. The fourth-order valence-electron chi connectivity index (χ4n) is 3.38. The average Bonchev–Trinajstić information content (AvgIpc) is 3.13. The molecule has 2 aromatic rings. The molecule has 0 saturated carbocycles. The Kier molecular flexibility index (Phi) is 5.75. The van der Waals surface area contributed by atoms with Crippen molar-refractivity contribution < 1.29 is 14.3 Å². The molecule has 0 atom stereocenters. The van der Waals surface area contributed by atoms with E-state index in [1.807, 2.05) is 31.2 Å². The molecule has 28 heavy (non-hydrogen) atoms. The molecule has 1 aliphatic heterocycles. The highest BCUT2D eigenvalue weighted by Gasteiger charge is 2.26. The second kappa shape index (κ2) is 8.22. The van der Waals surface area contributed by atoms with E-state index >= 15 is 0 Å². The molecule has 0 spiro atoms. The van der Waals surface area contributed by atoms with E-state index in [0.29, 0.717) is 43.1 Å². The van der Waals surface area contributed by atoms with Gasteiger partial charge in [-0.05, 0) is 29.7 Å². The van der Waals surface area contributed by atoms with Gasteiger partial charge in [0.05, 0.1) is 24.5 Å². The lowest BCUT2D eigenvalue weighted by molar-refractivity contribution is 0.0996. The van der Waals surface area contributed by atoms with E-state index in [1.54, 1.807) is 19.3 Å². The standard InChI is InChI=1S/C21H26N4O3/c1-3-27-20-16-8-9-28-19(16)15(11-17(20)21(23)26)10-13-4-6-14(7-5-13)18(22)12-25(2)24/h4-7,11-12H,3,8-10,22,24H2,1-2H3,(H2,23,26)/b18-12-. The number of primary amides is 1. The van der Waals surface area contributed by atoms with Crippen LogP contribution in [0.25, 0.3) is 5.70 Å². The van der Waals surface area contributed by atoms with Gasteiger partial charge < -0.3 is 25.9 Å². The van der Waals surface area contributed by atoms with Crippen molar-refractivity contribution in [1.82, 2.24) is 5.01 Å². The molecule has 0 aliphatic carbocycles. The number of hydrogen-bond donors (Lipinski definition) is 3. The number of benzene rings is 2. The summed E-state index contributed by atoms with van der Waals surface area (Å²) < 4.78 is 11.6. The van der Waals surface area contributed by atoms with Crippen LogP contribution in [0, 0.1) is 0 Å². The minimum atomic E-state index is -0.501. The zero-order chi connectivity index (χ0) is 20.3. The number of carbonyl (C=O) groups is 1. The van der Waals surface area contributed by atoms with E-state index in [0.717, 1.165) is 28.0 Å². The van der Waals surface area contributed by atoms with Crippen LogP contribution < -0.4 is 26.8 Å². The van der Waals surface area contributed by atoms with Crippen molar-refractivity contribution in [3.05, 3.63) is 64.3 Å². The van der Waals surface area contributed by atoms with E-state index in [4.69, 9.17) is 26.8 Å². The molecule has 3 rings (SSSR count). The van der Waals surface area contributed by atoms with Crippen LogP contribution in [0.1, 0.15) is 39.5 Å². The van der Waals surface area contributed by atoms with Crippen LogP contribution in [0.2, 0.25) is 0 Å². The minimum absolute atomic E-state index is 0.399. The number of nitrogens with two attached hydrogens (primary N) is 3. The lowest BCUT2D eigenvalue weighted by Crippen LogP contribution is -2.20. The number of hydrogen-bond acceptors (Lipinski definition) is 6. The number of fused-ring (bicyclic) bond motifs is 1. The number of ether oxygens (including phenoxy) is 2. The number of amides is 1. The topological polar surface area (TPSA) is 117 Å². The molecule has 0 unspecified atom stereocenters. The number of nitrogens with zero attached hydrogens (tertiary/aromatic N) is 1. The summed E-state index contributed by atoms with van der Waals surface area (Å²) in [4.78, 5) is 12.0. The van der Waals surface area contributed by atoms with Crippen LogP contribution in [-0.4, -0.2) is 31.2 Å². The summed E-state index contributed by atoms with van der Waals surface area (Å²) in [5.41, 5.74) is 16.4. The zero-order valence-corrected chi connectivity index (χ0v) is 16.2. The third kappa shape index (κ3) is 4.04. The fraction of sp³-hybridized carbons (Fsp3) is 0.286. The molecule has 6 N–H and O–H groups in total. The van der Waals surface area contributed by atoms with Gasteiger partial charge in [-0.2, -0.15) is 0 Å². The molecule has 0 bridgehead atoms. The number of rotatable bonds is 7. The van der Waals surface area contributed by atoms with Crippen molar-refractivity contribution in [2.24, 2.45) is 17.3 Å². The van der Waals surface area contributed by atoms with Gasteiger partial charge in [0.15, 0.2) is 0 Å². The first-order valence-corrected chi connectivity index (χ1v) is 9.19. The Morgan fingerprint density at radius 3 is 2.61 bits per heavy atom. The number of carbonyl (C=O) groups excluding carboxylic acids is 1. The van der Waals surface area contributed by atoms with Gasteiger partial charge >= 0.3 is 0 Å². The SMILES string of the molecule is CCOc1c(C(N)=O)cc(Cc2ccc(/C(N)=C/N(C)N)cc2)c2c1CCO2. The first kappa shape index (κ1) is 19.6. The van der Waals surface area contributed by atoms with Gasteiger partial charge in [-0.15, -0.1) is 0 Å². The maximum Gasteiger partial charge on any atom is 0.252 e. The maximum atomic E-state index is 12.0. The number of hydrazine groups is 1. The predicted molar refractivity (Wildman–Crippen MR) is 109 cm³/mol. The van der Waals surface area contributed by atoms with Crippen molar-refractivity contribution in [3.63, 3.8) is 0 Å². The van der Waals surface area contributed by atoms with Crippen molar-refractivity contribution in [2.75, 3.05) is 20.3 Å². The van der Waals surface area contributed by atoms with E-state index in [2.05, 4.69) is 0 Å². The van der Waals surface area contributed by atoms with Crippen LogP contribution in [0.5, 0.6) is 11.5 Å². The molecule has 0 radical (unpaired) electrons. The molecule has 0 fully saturated rings. The van der Waals surface area contributed by atoms with Gasteiger partial charge in [0.1, 0.15) is 11.5 Å². The molecule has 1 aliphatic rings. The molecule has 1 amide bonds.